The van der Waals surface area contributed by atoms with Crippen LogP contribution in [0.3, 0.4) is 0 Å². The summed E-state index contributed by atoms with van der Waals surface area (Å²) in [5.41, 5.74) is -0.589. The number of nitrogens with zero attached hydrogens (tertiary/aromatic N) is 3. The summed E-state index contributed by atoms with van der Waals surface area (Å²) in [6, 6.07) is -0.426. The lowest BCUT2D eigenvalue weighted by atomic mass is 10.1. The van der Waals surface area contributed by atoms with Crippen LogP contribution in [0.15, 0.2) is 6.20 Å². The van der Waals surface area contributed by atoms with E-state index in [1.54, 1.807) is 27.0 Å². The Morgan fingerprint density at radius 1 is 1.53 bits per heavy atom. The van der Waals surface area contributed by atoms with Crippen molar-refractivity contribution in [2.45, 2.75) is 58.6 Å². The van der Waals surface area contributed by atoms with E-state index in [0.29, 0.717) is 12.2 Å². The van der Waals surface area contributed by atoms with Crippen LogP contribution in [0.5, 0.6) is 0 Å². The molecule has 1 unspecified atom stereocenters. The van der Waals surface area contributed by atoms with E-state index in [1.807, 2.05) is 0 Å². The van der Waals surface area contributed by atoms with Crippen molar-refractivity contribution < 1.29 is 9.90 Å². The van der Waals surface area contributed by atoms with Gasteiger partial charge in [0, 0.05) is 6.54 Å². The second-order valence-electron chi connectivity index (χ2n) is 5.32. The summed E-state index contributed by atoms with van der Waals surface area (Å²) in [4.78, 5) is 11.9. The Labute approximate surface area is 114 Å². The summed E-state index contributed by atoms with van der Waals surface area (Å²) in [5.74, 6) is -0.0803. The maximum Gasteiger partial charge on any atom is 0.244 e. The Morgan fingerprint density at radius 2 is 2.21 bits per heavy atom. The Balaban J connectivity index is 2.55. The summed E-state index contributed by atoms with van der Waals surface area (Å²) >= 11 is 0. The number of amides is 1. The van der Waals surface area contributed by atoms with E-state index in [4.69, 9.17) is 0 Å². The van der Waals surface area contributed by atoms with E-state index in [-0.39, 0.29) is 5.91 Å². The molecular weight excluding hydrogens is 244 g/mol. The molecule has 0 bridgehead atoms. The van der Waals surface area contributed by atoms with Gasteiger partial charge in [0.15, 0.2) is 0 Å². The molecule has 2 N–H and O–H groups in total. The normalized spacial score (nSPS) is 13.3. The minimum atomic E-state index is -1.05. The predicted octanol–water partition coefficient (Wildman–Crippen LogP) is 1.37. The Morgan fingerprint density at radius 3 is 2.74 bits per heavy atom. The third-order valence-electron chi connectivity index (χ3n) is 2.99. The van der Waals surface area contributed by atoms with Crippen LogP contribution in [-0.2, 0) is 10.4 Å². The van der Waals surface area contributed by atoms with Crippen molar-refractivity contribution in [3.63, 3.8) is 0 Å². The van der Waals surface area contributed by atoms with Crippen LogP contribution in [0, 0.1) is 0 Å². The van der Waals surface area contributed by atoms with Gasteiger partial charge in [0.2, 0.25) is 5.91 Å². The summed E-state index contributed by atoms with van der Waals surface area (Å²) < 4.78 is 1.47. The van der Waals surface area contributed by atoms with Crippen molar-refractivity contribution in [3.8, 4) is 0 Å². The van der Waals surface area contributed by atoms with Gasteiger partial charge < -0.3 is 10.4 Å². The smallest absolute Gasteiger partial charge is 0.244 e. The van der Waals surface area contributed by atoms with Crippen molar-refractivity contribution in [2.24, 2.45) is 0 Å². The minimum Gasteiger partial charge on any atom is -0.384 e. The maximum atomic E-state index is 11.9. The average molecular weight is 268 g/mol. The van der Waals surface area contributed by atoms with E-state index in [0.717, 1.165) is 19.3 Å². The van der Waals surface area contributed by atoms with Crippen LogP contribution in [0.4, 0.5) is 0 Å². The number of carbonyl (C=O) groups is 1. The van der Waals surface area contributed by atoms with Crippen molar-refractivity contribution in [1.82, 2.24) is 20.3 Å². The Hall–Kier alpha value is -1.43. The zero-order valence-electron chi connectivity index (χ0n) is 12.2. The lowest BCUT2D eigenvalue weighted by Crippen LogP contribution is -2.32. The molecule has 0 aromatic carbocycles. The van der Waals surface area contributed by atoms with E-state index in [2.05, 4.69) is 22.6 Å². The number of carbonyl (C=O) groups excluding carboxylic acids is 1. The van der Waals surface area contributed by atoms with Gasteiger partial charge in [-0.15, -0.1) is 5.10 Å². The average Bonchev–Trinajstić information content (AvgIpc) is 2.82. The molecule has 108 valence electrons. The molecule has 0 radical (unpaired) electrons. The van der Waals surface area contributed by atoms with Crippen molar-refractivity contribution in [1.29, 1.82) is 0 Å². The van der Waals surface area contributed by atoms with Gasteiger partial charge in [0.05, 0.1) is 6.20 Å². The first-order valence-corrected chi connectivity index (χ1v) is 6.78. The fraction of sp³-hybridized carbons (Fsp3) is 0.769. The van der Waals surface area contributed by atoms with Gasteiger partial charge in [-0.25, -0.2) is 4.68 Å². The fourth-order valence-corrected chi connectivity index (χ4v) is 1.60. The van der Waals surface area contributed by atoms with Crippen molar-refractivity contribution in [2.75, 3.05) is 6.54 Å². The molecule has 0 aliphatic carbocycles. The molecule has 0 saturated carbocycles. The molecular formula is C13H24N4O2. The zero-order chi connectivity index (χ0) is 14.5. The Bertz CT molecular complexity index is 409. The number of nitrogens with one attached hydrogen (secondary N) is 1. The highest BCUT2D eigenvalue weighted by Crippen LogP contribution is 2.17. The van der Waals surface area contributed by atoms with Gasteiger partial charge in [0.1, 0.15) is 17.3 Å². The summed E-state index contributed by atoms with van der Waals surface area (Å²) in [5, 5.41) is 20.5. The third kappa shape index (κ3) is 4.63. The molecule has 6 nitrogen and oxygen atoms in total. The monoisotopic (exact) mass is 268 g/mol. The van der Waals surface area contributed by atoms with Gasteiger partial charge in [-0.3, -0.25) is 4.79 Å². The lowest BCUT2D eigenvalue weighted by molar-refractivity contribution is -0.124. The molecule has 0 saturated heterocycles. The van der Waals surface area contributed by atoms with E-state index >= 15 is 0 Å². The van der Waals surface area contributed by atoms with Crippen LogP contribution in [0.1, 0.15) is 58.7 Å². The molecule has 1 rings (SSSR count). The zero-order valence-corrected chi connectivity index (χ0v) is 12.2. The van der Waals surface area contributed by atoms with Gasteiger partial charge in [-0.1, -0.05) is 25.0 Å². The number of aromatic nitrogens is 3. The molecule has 0 aliphatic rings. The molecule has 19 heavy (non-hydrogen) atoms. The van der Waals surface area contributed by atoms with Crippen LogP contribution < -0.4 is 5.32 Å². The lowest BCUT2D eigenvalue weighted by Gasteiger charge is -2.13. The third-order valence-corrected chi connectivity index (χ3v) is 2.99. The summed E-state index contributed by atoms with van der Waals surface area (Å²) in [7, 11) is 0. The largest absolute Gasteiger partial charge is 0.384 e. The van der Waals surface area contributed by atoms with Crippen molar-refractivity contribution in [3.05, 3.63) is 11.9 Å². The highest BCUT2D eigenvalue weighted by molar-refractivity contribution is 5.79. The second kappa shape index (κ2) is 6.65. The van der Waals surface area contributed by atoms with Crippen LogP contribution >= 0.6 is 0 Å². The van der Waals surface area contributed by atoms with Crippen molar-refractivity contribution >= 4 is 5.91 Å². The summed E-state index contributed by atoms with van der Waals surface area (Å²) in [6.07, 6.45) is 4.84. The number of hydrogen-bond acceptors (Lipinski definition) is 4. The first-order valence-electron chi connectivity index (χ1n) is 6.78. The standard InChI is InChI=1S/C13H24N4O2/c1-5-6-7-8-14-12(18)10(2)17-9-11(15-16-17)13(3,4)19/h9-10,19H,5-8H2,1-4H3,(H,14,18). The predicted molar refractivity (Wildman–Crippen MR) is 72.5 cm³/mol. The summed E-state index contributed by atoms with van der Waals surface area (Å²) in [6.45, 7) is 7.84. The van der Waals surface area contributed by atoms with Crippen LogP contribution in [-0.4, -0.2) is 32.6 Å². The molecule has 0 spiro atoms. The molecule has 0 aliphatic heterocycles. The van der Waals surface area contributed by atoms with Gasteiger partial charge in [0.25, 0.3) is 0 Å². The molecule has 1 aromatic rings. The van der Waals surface area contributed by atoms with Gasteiger partial charge in [-0.2, -0.15) is 0 Å². The Kier molecular flexibility index (Phi) is 5.47. The number of aliphatic hydroxyl groups is 1. The number of hydrogen-bond donors (Lipinski definition) is 2. The SMILES string of the molecule is CCCCCNC(=O)C(C)n1cc(C(C)(C)O)nn1. The fourth-order valence-electron chi connectivity index (χ4n) is 1.60. The van der Waals surface area contributed by atoms with Crippen LogP contribution in [0.2, 0.25) is 0 Å². The second-order valence-corrected chi connectivity index (χ2v) is 5.32. The minimum absolute atomic E-state index is 0.0803. The molecule has 1 atom stereocenters. The molecule has 6 heteroatoms. The van der Waals surface area contributed by atoms with Gasteiger partial charge >= 0.3 is 0 Å². The molecule has 0 fully saturated rings. The highest BCUT2D eigenvalue weighted by atomic mass is 16.3. The molecule has 1 aromatic heterocycles. The van der Waals surface area contributed by atoms with E-state index in [1.165, 1.54) is 4.68 Å². The first-order chi connectivity index (χ1) is 8.86. The molecule has 1 amide bonds. The first kappa shape index (κ1) is 15.6. The topological polar surface area (TPSA) is 80.0 Å². The van der Waals surface area contributed by atoms with E-state index in [9.17, 15) is 9.90 Å². The number of rotatable bonds is 7. The van der Waals surface area contributed by atoms with Crippen LogP contribution in [0.25, 0.3) is 0 Å². The number of unbranched alkanes of at least 4 members (excludes halogenated alkanes) is 2. The molecule has 1 heterocycles. The van der Waals surface area contributed by atoms with E-state index < -0.39 is 11.6 Å². The van der Waals surface area contributed by atoms with Gasteiger partial charge in [-0.05, 0) is 27.2 Å². The quantitative estimate of drug-likeness (QED) is 0.732. The highest BCUT2D eigenvalue weighted by Gasteiger charge is 2.23. The maximum absolute atomic E-state index is 11.9.